The molecule has 0 aromatic heterocycles. The zero-order valence-electron chi connectivity index (χ0n) is 5.29. The van der Waals surface area contributed by atoms with E-state index in [4.69, 9.17) is 10.2 Å². The van der Waals surface area contributed by atoms with Crippen LogP contribution in [0, 0.1) is 0 Å². The molecule has 1 aromatic carbocycles. The summed E-state index contributed by atoms with van der Waals surface area (Å²) in [5.74, 6) is -1.65. The molecule has 0 bridgehead atoms. The lowest BCUT2D eigenvalue weighted by Crippen LogP contribution is -2.28. The topological polar surface area (TPSA) is 101 Å². The third kappa shape index (κ3) is 0.985. The molecule has 1 rings (SSSR count). The lowest BCUT2D eigenvalue weighted by Gasteiger charge is -1.92. The Morgan fingerprint density at radius 3 is 1.30 bits per heavy atom. The lowest BCUT2D eigenvalue weighted by molar-refractivity contribution is 0.384. The summed E-state index contributed by atoms with van der Waals surface area (Å²) in [6.45, 7) is 0. The Hall–Kier alpha value is -1.36. The Balaban J connectivity index is 0.000000371. The van der Waals surface area contributed by atoms with E-state index in [1.807, 2.05) is 0 Å². The lowest BCUT2D eigenvalue weighted by atomic mass is 10.2. The molecule has 0 spiro atoms. The van der Waals surface area contributed by atoms with Crippen molar-refractivity contribution in [2.75, 3.05) is 7.05 Å². The Kier molecular flexibility index (Phi) is 2.57. The Labute approximate surface area is 56.0 Å². The number of aromatic hydroxyl groups is 2. The van der Waals surface area contributed by atoms with Gasteiger partial charge in [0.05, 0.1) is 0 Å². The van der Waals surface area contributed by atoms with Crippen LogP contribution in [0.2, 0.25) is 0 Å². The minimum absolute atomic E-state index is 0.824. The van der Waals surface area contributed by atoms with E-state index in [9.17, 15) is 9.59 Å². The summed E-state index contributed by atoms with van der Waals surface area (Å²) < 4.78 is 0. The molecular formula is C5H7NO4. The summed E-state index contributed by atoms with van der Waals surface area (Å²) in [5.41, 5.74) is 2.48. The molecule has 0 saturated heterocycles. The average molecular weight is 145 g/mol. The molecule has 4 N–H and O–H groups in total. The maximum absolute atomic E-state index is 9.95. The van der Waals surface area contributed by atoms with Crippen molar-refractivity contribution in [3.05, 3.63) is 20.4 Å². The Bertz CT molecular complexity index is 254. The SMILES string of the molecule is CN.O=c1c(O)c(O)c1=O. The van der Waals surface area contributed by atoms with Crippen LogP contribution in [0.5, 0.6) is 11.5 Å². The van der Waals surface area contributed by atoms with Crippen LogP contribution in [-0.2, 0) is 0 Å². The van der Waals surface area contributed by atoms with Crippen LogP contribution in [-0.4, -0.2) is 17.3 Å². The fourth-order valence-electron chi connectivity index (χ4n) is 0.368. The second-order valence-corrected chi connectivity index (χ2v) is 1.36. The molecular weight excluding hydrogens is 138 g/mol. The fourth-order valence-corrected chi connectivity index (χ4v) is 0.368. The zero-order chi connectivity index (χ0) is 8.31. The van der Waals surface area contributed by atoms with Gasteiger partial charge in [-0.1, -0.05) is 0 Å². The summed E-state index contributed by atoms with van der Waals surface area (Å²) in [6.07, 6.45) is 0. The van der Waals surface area contributed by atoms with E-state index in [1.54, 1.807) is 0 Å². The highest BCUT2D eigenvalue weighted by molar-refractivity contribution is 5.42. The van der Waals surface area contributed by atoms with Gasteiger partial charge < -0.3 is 15.9 Å². The van der Waals surface area contributed by atoms with E-state index >= 15 is 0 Å². The van der Waals surface area contributed by atoms with Gasteiger partial charge in [-0.15, -0.1) is 0 Å². The first kappa shape index (κ1) is 8.64. The molecule has 0 amide bonds. The minimum Gasteiger partial charge on any atom is -0.501 e. The molecule has 0 fully saturated rings. The first-order chi connectivity index (χ1) is 4.64. The van der Waals surface area contributed by atoms with Gasteiger partial charge >= 0.3 is 0 Å². The third-order valence-corrected chi connectivity index (χ3v) is 0.861. The second-order valence-electron chi connectivity index (χ2n) is 1.36. The van der Waals surface area contributed by atoms with Crippen molar-refractivity contribution in [1.82, 2.24) is 0 Å². The normalized spacial score (nSPS) is 8.60. The van der Waals surface area contributed by atoms with Gasteiger partial charge in [-0.25, -0.2) is 0 Å². The zero-order valence-corrected chi connectivity index (χ0v) is 5.29. The van der Waals surface area contributed by atoms with Gasteiger partial charge in [0.25, 0.3) is 10.9 Å². The molecule has 0 radical (unpaired) electrons. The van der Waals surface area contributed by atoms with Crippen LogP contribution >= 0.6 is 0 Å². The van der Waals surface area contributed by atoms with Crippen molar-refractivity contribution < 1.29 is 10.2 Å². The van der Waals surface area contributed by atoms with Crippen molar-refractivity contribution >= 4 is 0 Å². The first-order valence-electron chi connectivity index (χ1n) is 2.43. The molecule has 5 heteroatoms. The van der Waals surface area contributed by atoms with Gasteiger partial charge in [0, 0.05) is 0 Å². The summed E-state index contributed by atoms with van der Waals surface area (Å²) in [5, 5.41) is 16.4. The van der Waals surface area contributed by atoms with Gasteiger partial charge in [0.1, 0.15) is 0 Å². The predicted molar refractivity (Wildman–Crippen MR) is 34.8 cm³/mol. The molecule has 0 atom stereocenters. The Morgan fingerprint density at radius 1 is 1.00 bits per heavy atom. The second kappa shape index (κ2) is 2.98. The molecule has 5 nitrogen and oxygen atoms in total. The largest absolute Gasteiger partial charge is 0.501 e. The van der Waals surface area contributed by atoms with Crippen molar-refractivity contribution in [2.24, 2.45) is 5.73 Å². The Morgan fingerprint density at radius 2 is 1.20 bits per heavy atom. The van der Waals surface area contributed by atoms with E-state index in [1.165, 1.54) is 7.05 Å². The van der Waals surface area contributed by atoms with E-state index < -0.39 is 22.4 Å². The monoisotopic (exact) mass is 145 g/mol. The molecule has 0 unspecified atom stereocenters. The number of rotatable bonds is 0. The van der Waals surface area contributed by atoms with Crippen LogP contribution in [0.4, 0.5) is 0 Å². The van der Waals surface area contributed by atoms with Crippen LogP contribution in [0.15, 0.2) is 9.59 Å². The maximum atomic E-state index is 9.95. The van der Waals surface area contributed by atoms with Gasteiger partial charge in [0.15, 0.2) is 0 Å². The number of hydrogen-bond acceptors (Lipinski definition) is 5. The van der Waals surface area contributed by atoms with E-state index in [0.717, 1.165) is 0 Å². The molecule has 0 aliphatic carbocycles. The molecule has 0 heterocycles. The number of hydrogen-bond donors (Lipinski definition) is 3. The molecule has 0 saturated carbocycles. The quantitative estimate of drug-likeness (QED) is 0.376. The molecule has 1 aromatic rings. The maximum Gasteiger partial charge on any atom is 0.275 e. The van der Waals surface area contributed by atoms with Crippen LogP contribution in [0.1, 0.15) is 0 Å². The highest BCUT2D eigenvalue weighted by Gasteiger charge is 2.17. The highest BCUT2D eigenvalue weighted by Crippen LogP contribution is 2.13. The first-order valence-corrected chi connectivity index (χ1v) is 2.43. The van der Waals surface area contributed by atoms with Gasteiger partial charge in [-0.3, -0.25) is 9.59 Å². The van der Waals surface area contributed by atoms with E-state index in [0.29, 0.717) is 0 Å². The van der Waals surface area contributed by atoms with Crippen molar-refractivity contribution in [1.29, 1.82) is 0 Å². The van der Waals surface area contributed by atoms with Crippen LogP contribution in [0.3, 0.4) is 0 Å². The molecule has 0 aliphatic heterocycles. The van der Waals surface area contributed by atoms with E-state index in [-0.39, 0.29) is 0 Å². The van der Waals surface area contributed by atoms with Crippen LogP contribution in [0.25, 0.3) is 0 Å². The average Bonchev–Trinajstić information content (AvgIpc) is 2.04. The summed E-state index contributed by atoms with van der Waals surface area (Å²) in [4.78, 5) is 19.9. The van der Waals surface area contributed by atoms with Gasteiger partial charge in [-0.05, 0) is 7.05 Å². The molecule has 0 aliphatic rings. The minimum atomic E-state index is -1.01. The van der Waals surface area contributed by atoms with Crippen LogP contribution < -0.4 is 16.6 Å². The standard InChI is InChI=1S/C4H2O4.CH5N/c5-1-2(6)4(8)3(1)7;1-2/h5-6H;2H2,1H3. The van der Waals surface area contributed by atoms with Crippen molar-refractivity contribution in [3.8, 4) is 11.5 Å². The van der Waals surface area contributed by atoms with Gasteiger partial charge in [0.2, 0.25) is 11.5 Å². The number of nitrogens with two attached hydrogens (primary N) is 1. The molecule has 10 heavy (non-hydrogen) atoms. The summed E-state index contributed by atoms with van der Waals surface area (Å²) in [6, 6.07) is 0. The predicted octanol–water partition coefficient (Wildman–Crippen LogP) is -1.73. The summed E-state index contributed by atoms with van der Waals surface area (Å²) in [7, 11) is 1.50. The van der Waals surface area contributed by atoms with E-state index in [2.05, 4.69) is 5.73 Å². The van der Waals surface area contributed by atoms with Crippen molar-refractivity contribution in [2.45, 2.75) is 0 Å². The molecule has 56 valence electrons. The highest BCUT2D eigenvalue weighted by atomic mass is 16.3. The van der Waals surface area contributed by atoms with Gasteiger partial charge in [-0.2, -0.15) is 0 Å². The smallest absolute Gasteiger partial charge is 0.275 e. The fraction of sp³-hybridized carbons (Fsp3) is 0.200. The van der Waals surface area contributed by atoms with Crippen molar-refractivity contribution in [3.63, 3.8) is 0 Å². The summed E-state index contributed by atoms with van der Waals surface area (Å²) >= 11 is 0. The third-order valence-electron chi connectivity index (χ3n) is 0.861.